The Kier molecular flexibility index (Phi) is 5.27. The van der Waals surface area contributed by atoms with Crippen LogP contribution in [0.15, 0.2) is 63.9 Å². The number of hydrogen-bond acceptors (Lipinski definition) is 4. The fourth-order valence-corrected chi connectivity index (χ4v) is 3.58. The first-order valence-corrected chi connectivity index (χ1v) is 9.37. The van der Waals surface area contributed by atoms with E-state index in [9.17, 15) is 21.6 Å². The second-order valence-corrected chi connectivity index (χ2v) is 7.55. The molecule has 0 bridgehead atoms. The third-order valence-corrected chi connectivity index (χ3v) is 5.44. The number of hydrogen-bond donors (Lipinski definition) is 1. The molecule has 0 saturated carbocycles. The van der Waals surface area contributed by atoms with E-state index in [0.29, 0.717) is 11.3 Å². The third kappa shape index (κ3) is 4.32. The van der Waals surface area contributed by atoms with E-state index < -0.39 is 27.9 Å². The van der Waals surface area contributed by atoms with Gasteiger partial charge in [0, 0.05) is 19.0 Å². The Morgan fingerprint density at radius 3 is 2.37 bits per heavy atom. The molecule has 1 atom stereocenters. The maximum absolute atomic E-state index is 12.6. The van der Waals surface area contributed by atoms with Gasteiger partial charge < -0.3 is 9.15 Å². The summed E-state index contributed by atoms with van der Waals surface area (Å²) in [5, 5.41) is 0.847. The van der Waals surface area contributed by atoms with Gasteiger partial charge in [0.25, 0.3) is 0 Å². The summed E-state index contributed by atoms with van der Waals surface area (Å²) in [6, 6.07) is 12.3. The number of fused-ring (bicyclic) bond motifs is 1. The maximum Gasteiger partial charge on any atom is 0.416 e. The molecular weight excluding hydrogens is 383 g/mol. The minimum Gasteiger partial charge on any atom is -0.458 e. The highest BCUT2D eigenvalue weighted by Crippen LogP contribution is 2.30. The summed E-state index contributed by atoms with van der Waals surface area (Å²) in [6.45, 7) is -0.139. The minimum absolute atomic E-state index is 0.139. The van der Waals surface area contributed by atoms with E-state index in [0.717, 1.165) is 29.7 Å². The smallest absolute Gasteiger partial charge is 0.416 e. The molecule has 144 valence electrons. The first-order valence-electron chi connectivity index (χ1n) is 7.89. The first kappa shape index (κ1) is 19.4. The Labute approximate surface area is 153 Å². The number of halogens is 3. The third-order valence-electron chi connectivity index (χ3n) is 4.00. The molecule has 5 nitrogen and oxygen atoms in total. The van der Waals surface area contributed by atoms with Gasteiger partial charge in [-0.2, -0.15) is 13.2 Å². The van der Waals surface area contributed by atoms with E-state index in [2.05, 4.69) is 4.72 Å². The lowest BCUT2D eigenvalue weighted by Crippen LogP contribution is -2.29. The summed E-state index contributed by atoms with van der Waals surface area (Å²) in [5.74, 6) is 0.439. The van der Waals surface area contributed by atoms with Crippen molar-refractivity contribution in [1.29, 1.82) is 0 Å². The molecule has 9 heteroatoms. The van der Waals surface area contributed by atoms with E-state index in [1.807, 2.05) is 18.2 Å². The first-order chi connectivity index (χ1) is 12.7. The van der Waals surface area contributed by atoms with Crippen LogP contribution in [0.1, 0.15) is 17.4 Å². The molecule has 0 aliphatic carbocycles. The Morgan fingerprint density at radius 1 is 1.11 bits per heavy atom. The SMILES string of the molecule is CO[C@@H](CNS(=O)(=O)c1ccc(C(F)(F)F)cc1)c1cc2ccccc2o1. The number of methoxy groups -OCH3 is 1. The minimum atomic E-state index is -4.53. The number of ether oxygens (including phenoxy) is 1. The molecular formula is C18H16F3NO4S. The van der Waals surface area contributed by atoms with Crippen molar-refractivity contribution < 1.29 is 30.7 Å². The Balaban J connectivity index is 1.75. The van der Waals surface area contributed by atoms with Crippen LogP contribution in [-0.2, 0) is 20.9 Å². The Bertz CT molecular complexity index is 994. The van der Waals surface area contributed by atoms with Gasteiger partial charge in [-0.15, -0.1) is 0 Å². The topological polar surface area (TPSA) is 68.5 Å². The number of alkyl halides is 3. The highest BCUT2D eigenvalue weighted by molar-refractivity contribution is 7.89. The van der Waals surface area contributed by atoms with Crippen molar-refractivity contribution in [2.45, 2.75) is 17.2 Å². The van der Waals surface area contributed by atoms with Gasteiger partial charge in [0.15, 0.2) is 0 Å². The molecule has 0 spiro atoms. The van der Waals surface area contributed by atoms with Crippen molar-refractivity contribution in [1.82, 2.24) is 4.72 Å². The molecule has 0 fully saturated rings. The highest BCUT2D eigenvalue weighted by atomic mass is 32.2. The second-order valence-electron chi connectivity index (χ2n) is 5.78. The van der Waals surface area contributed by atoms with Crippen LogP contribution in [0, 0.1) is 0 Å². The molecule has 0 amide bonds. The van der Waals surface area contributed by atoms with Gasteiger partial charge in [-0.05, 0) is 36.4 Å². The fourth-order valence-electron chi connectivity index (χ4n) is 2.55. The molecule has 27 heavy (non-hydrogen) atoms. The summed E-state index contributed by atoms with van der Waals surface area (Å²) in [6.07, 6.45) is -5.22. The van der Waals surface area contributed by atoms with Crippen LogP contribution in [-0.4, -0.2) is 22.1 Å². The molecule has 0 saturated heterocycles. The summed E-state index contributed by atoms with van der Waals surface area (Å²) in [4.78, 5) is -0.269. The highest BCUT2D eigenvalue weighted by Gasteiger charge is 2.30. The van der Waals surface area contributed by atoms with Gasteiger partial charge in [-0.25, -0.2) is 13.1 Å². The zero-order valence-electron chi connectivity index (χ0n) is 14.2. The lowest BCUT2D eigenvalue weighted by atomic mass is 10.2. The molecule has 3 rings (SSSR count). The van der Waals surface area contributed by atoms with Crippen LogP contribution in [0.4, 0.5) is 13.2 Å². The molecule has 0 unspecified atom stereocenters. The number of nitrogens with one attached hydrogen (secondary N) is 1. The summed E-state index contributed by atoms with van der Waals surface area (Å²) < 4.78 is 75.8. The normalized spacial score (nSPS) is 13.8. The number of benzene rings is 2. The molecule has 0 aliphatic rings. The number of rotatable bonds is 6. The molecule has 2 aromatic carbocycles. The lowest BCUT2D eigenvalue weighted by molar-refractivity contribution is -0.137. The summed E-state index contributed by atoms with van der Waals surface area (Å²) in [7, 11) is -2.60. The number of para-hydroxylation sites is 1. The van der Waals surface area contributed by atoms with E-state index in [-0.39, 0.29) is 11.4 Å². The van der Waals surface area contributed by atoms with Gasteiger partial charge in [0.2, 0.25) is 10.0 Å². The van der Waals surface area contributed by atoms with Crippen molar-refractivity contribution in [2.75, 3.05) is 13.7 Å². The average molecular weight is 399 g/mol. The summed E-state index contributed by atoms with van der Waals surface area (Å²) in [5.41, 5.74) is -0.279. The van der Waals surface area contributed by atoms with Crippen molar-refractivity contribution >= 4 is 21.0 Å². The standard InChI is InChI=1S/C18H16F3NO4S/c1-25-17(16-10-12-4-2-3-5-15(12)26-16)11-22-27(23,24)14-8-6-13(7-9-14)18(19,20)21/h2-10,17,22H,11H2,1H3/t17-/m0/s1. The molecule has 3 aromatic rings. The van der Waals surface area contributed by atoms with Crippen molar-refractivity contribution in [3.05, 3.63) is 65.9 Å². The molecule has 0 aliphatic heterocycles. The van der Waals surface area contributed by atoms with Crippen LogP contribution in [0.2, 0.25) is 0 Å². The predicted octanol–water partition coefficient (Wildman–Crippen LogP) is 4.12. The molecule has 1 N–H and O–H groups in total. The lowest BCUT2D eigenvalue weighted by Gasteiger charge is -2.14. The van der Waals surface area contributed by atoms with Crippen LogP contribution in [0.25, 0.3) is 11.0 Å². The number of sulfonamides is 1. The van der Waals surface area contributed by atoms with E-state index >= 15 is 0 Å². The number of furan rings is 1. The Morgan fingerprint density at radius 2 is 1.78 bits per heavy atom. The predicted molar refractivity (Wildman–Crippen MR) is 92.6 cm³/mol. The van der Waals surface area contributed by atoms with Crippen LogP contribution in [0.3, 0.4) is 0 Å². The molecule has 1 heterocycles. The van der Waals surface area contributed by atoms with Gasteiger partial charge >= 0.3 is 6.18 Å². The fraction of sp³-hybridized carbons (Fsp3) is 0.222. The van der Waals surface area contributed by atoms with Gasteiger partial charge in [0.1, 0.15) is 17.4 Å². The molecule has 1 aromatic heterocycles. The quantitative estimate of drug-likeness (QED) is 0.677. The van der Waals surface area contributed by atoms with Crippen molar-refractivity contribution in [2.24, 2.45) is 0 Å². The second kappa shape index (κ2) is 7.34. The van der Waals surface area contributed by atoms with Crippen LogP contribution in [0.5, 0.6) is 0 Å². The van der Waals surface area contributed by atoms with E-state index in [4.69, 9.17) is 9.15 Å². The zero-order chi connectivity index (χ0) is 19.7. The Hall–Kier alpha value is -2.36. The van der Waals surface area contributed by atoms with Gasteiger partial charge in [-0.1, -0.05) is 18.2 Å². The maximum atomic E-state index is 12.6. The average Bonchev–Trinajstić information content (AvgIpc) is 3.05. The van der Waals surface area contributed by atoms with Crippen LogP contribution < -0.4 is 4.72 Å². The van der Waals surface area contributed by atoms with E-state index in [1.54, 1.807) is 12.1 Å². The largest absolute Gasteiger partial charge is 0.458 e. The molecule has 0 radical (unpaired) electrons. The van der Waals surface area contributed by atoms with Gasteiger partial charge in [0.05, 0.1) is 10.5 Å². The zero-order valence-corrected chi connectivity index (χ0v) is 15.0. The van der Waals surface area contributed by atoms with Crippen LogP contribution >= 0.6 is 0 Å². The van der Waals surface area contributed by atoms with E-state index in [1.165, 1.54) is 7.11 Å². The van der Waals surface area contributed by atoms with Crippen molar-refractivity contribution in [3.8, 4) is 0 Å². The monoisotopic (exact) mass is 399 g/mol. The summed E-state index contributed by atoms with van der Waals surface area (Å²) >= 11 is 0. The van der Waals surface area contributed by atoms with Crippen molar-refractivity contribution in [3.63, 3.8) is 0 Å². The van der Waals surface area contributed by atoms with Gasteiger partial charge in [-0.3, -0.25) is 0 Å².